The lowest BCUT2D eigenvalue weighted by Gasteiger charge is -2.25. The molecule has 0 aromatic heterocycles. The van der Waals surface area contributed by atoms with E-state index in [1.165, 1.54) is 12.1 Å². The Balaban J connectivity index is 1.95. The molecule has 0 heterocycles. The second kappa shape index (κ2) is 7.63. The fourth-order valence-corrected chi connectivity index (χ4v) is 2.23. The number of rotatable bonds is 5. The predicted octanol–water partition coefficient (Wildman–Crippen LogP) is 3.74. The molecule has 122 valence electrons. The van der Waals surface area contributed by atoms with Gasteiger partial charge in [-0.1, -0.05) is 24.3 Å². The Morgan fingerprint density at radius 3 is 2.61 bits per heavy atom. The summed E-state index contributed by atoms with van der Waals surface area (Å²) in [6.45, 7) is 2.31. The van der Waals surface area contributed by atoms with Gasteiger partial charge in [-0.05, 0) is 42.3 Å². The van der Waals surface area contributed by atoms with Crippen LogP contribution < -0.4 is 10.1 Å². The number of hydrogen-bond donors (Lipinski definition) is 1. The van der Waals surface area contributed by atoms with Crippen molar-refractivity contribution in [3.8, 4) is 5.75 Å². The van der Waals surface area contributed by atoms with E-state index in [1.807, 2.05) is 31.2 Å². The first kappa shape index (κ1) is 16.8. The van der Waals surface area contributed by atoms with E-state index < -0.39 is 0 Å². The van der Waals surface area contributed by atoms with Gasteiger partial charge in [0.15, 0.2) is 0 Å². The molecule has 4 nitrogen and oxygen atoms in total. The summed E-state index contributed by atoms with van der Waals surface area (Å²) in [7, 11) is 3.32. The number of halogens is 1. The predicted molar refractivity (Wildman–Crippen MR) is 87.8 cm³/mol. The van der Waals surface area contributed by atoms with E-state index in [0.717, 1.165) is 16.9 Å². The fraction of sp³-hybridized carbons (Fsp3) is 0.278. The van der Waals surface area contributed by atoms with Gasteiger partial charge < -0.3 is 15.0 Å². The molecule has 0 radical (unpaired) electrons. The second-order valence-electron chi connectivity index (χ2n) is 5.35. The van der Waals surface area contributed by atoms with Crippen LogP contribution in [-0.4, -0.2) is 25.1 Å². The van der Waals surface area contributed by atoms with E-state index in [0.29, 0.717) is 6.54 Å². The lowest BCUT2D eigenvalue weighted by atomic mass is 10.1. The third kappa shape index (κ3) is 4.45. The maximum Gasteiger partial charge on any atom is 0.317 e. The molecule has 0 saturated heterocycles. The van der Waals surface area contributed by atoms with Gasteiger partial charge in [-0.15, -0.1) is 0 Å². The number of hydrogen-bond acceptors (Lipinski definition) is 2. The topological polar surface area (TPSA) is 41.6 Å². The Hall–Kier alpha value is -2.56. The average Bonchev–Trinajstić information content (AvgIpc) is 2.59. The number of carbonyl (C=O) groups excluding carboxylic acids is 1. The Bertz CT molecular complexity index is 658. The van der Waals surface area contributed by atoms with Crippen LogP contribution in [-0.2, 0) is 6.54 Å². The highest BCUT2D eigenvalue weighted by Crippen LogP contribution is 2.19. The molecule has 0 aliphatic rings. The minimum absolute atomic E-state index is 0.152. The molecule has 5 heteroatoms. The molecule has 0 bridgehead atoms. The summed E-state index contributed by atoms with van der Waals surface area (Å²) >= 11 is 0. The molecule has 1 N–H and O–H groups in total. The third-order valence-electron chi connectivity index (χ3n) is 3.83. The van der Waals surface area contributed by atoms with Gasteiger partial charge in [-0.3, -0.25) is 0 Å². The normalized spacial score (nSPS) is 11.7. The van der Waals surface area contributed by atoms with E-state index in [4.69, 9.17) is 4.74 Å². The van der Waals surface area contributed by atoms with Gasteiger partial charge in [0.05, 0.1) is 13.2 Å². The van der Waals surface area contributed by atoms with Crippen molar-refractivity contribution >= 4 is 6.03 Å². The molecule has 2 aromatic carbocycles. The van der Waals surface area contributed by atoms with Crippen molar-refractivity contribution in [2.45, 2.75) is 19.5 Å². The third-order valence-corrected chi connectivity index (χ3v) is 3.83. The van der Waals surface area contributed by atoms with E-state index in [-0.39, 0.29) is 17.9 Å². The highest BCUT2D eigenvalue weighted by atomic mass is 19.1. The summed E-state index contributed by atoms with van der Waals surface area (Å²) < 4.78 is 18.1. The monoisotopic (exact) mass is 316 g/mol. The van der Waals surface area contributed by atoms with Crippen LogP contribution in [0.15, 0.2) is 48.5 Å². The van der Waals surface area contributed by atoms with Gasteiger partial charge in [0.1, 0.15) is 11.6 Å². The van der Waals surface area contributed by atoms with Crippen LogP contribution >= 0.6 is 0 Å². The summed E-state index contributed by atoms with van der Waals surface area (Å²) in [4.78, 5) is 13.9. The van der Waals surface area contributed by atoms with Gasteiger partial charge in [-0.25, -0.2) is 9.18 Å². The van der Waals surface area contributed by atoms with E-state index in [2.05, 4.69) is 5.32 Å². The summed E-state index contributed by atoms with van der Waals surface area (Å²) in [6.07, 6.45) is 0. The number of methoxy groups -OCH3 is 1. The zero-order valence-electron chi connectivity index (χ0n) is 13.5. The molecule has 1 atom stereocenters. The fourth-order valence-electron chi connectivity index (χ4n) is 2.23. The van der Waals surface area contributed by atoms with Crippen molar-refractivity contribution in [2.75, 3.05) is 14.2 Å². The van der Waals surface area contributed by atoms with Crippen molar-refractivity contribution in [1.29, 1.82) is 0 Å². The zero-order valence-corrected chi connectivity index (χ0v) is 13.5. The number of amides is 2. The minimum atomic E-state index is -0.286. The molecule has 0 spiro atoms. The molecule has 0 aliphatic carbocycles. The lowest BCUT2D eigenvalue weighted by Crippen LogP contribution is -2.38. The van der Waals surface area contributed by atoms with Crippen LogP contribution in [0.3, 0.4) is 0 Å². The number of ether oxygens (including phenoxy) is 1. The van der Waals surface area contributed by atoms with E-state index >= 15 is 0 Å². The van der Waals surface area contributed by atoms with Gasteiger partial charge in [-0.2, -0.15) is 0 Å². The summed E-state index contributed by atoms with van der Waals surface area (Å²) in [5.74, 6) is 0.468. The molecule has 2 aromatic rings. The SMILES string of the molecule is COc1cccc(CNC(=O)N(C)[C@@H](C)c2ccc(F)cc2)c1. The number of carbonyl (C=O) groups is 1. The van der Waals surface area contributed by atoms with Crippen LogP contribution in [0.2, 0.25) is 0 Å². The van der Waals surface area contributed by atoms with Gasteiger partial charge in [0, 0.05) is 13.6 Å². The number of benzene rings is 2. The number of nitrogens with zero attached hydrogens (tertiary/aromatic N) is 1. The summed E-state index contributed by atoms with van der Waals surface area (Å²) in [5, 5.41) is 2.87. The Labute approximate surface area is 135 Å². The quantitative estimate of drug-likeness (QED) is 0.913. The van der Waals surface area contributed by atoms with Gasteiger partial charge >= 0.3 is 6.03 Å². The minimum Gasteiger partial charge on any atom is -0.497 e. The van der Waals surface area contributed by atoms with Crippen LogP contribution in [0.25, 0.3) is 0 Å². The Morgan fingerprint density at radius 2 is 1.96 bits per heavy atom. The highest BCUT2D eigenvalue weighted by molar-refractivity contribution is 5.74. The molecule has 0 unspecified atom stereocenters. The van der Waals surface area contributed by atoms with Crippen molar-refractivity contribution in [1.82, 2.24) is 10.2 Å². The van der Waals surface area contributed by atoms with Crippen LogP contribution in [0.1, 0.15) is 24.1 Å². The molecule has 2 rings (SSSR count). The zero-order chi connectivity index (χ0) is 16.8. The van der Waals surface area contributed by atoms with Crippen molar-refractivity contribution in [2.24, 2.45) is 0 Å². The van der Waals surface area contributed by atoms with Crippen molar-refractivity contribution in [3.05, 3.63) is 65.5 Å². The van der Waals surface area contributed by atoms with Crippen LogP contribution in [0, 0.1) is 5.82 Å². The smallest absolute Gasteiger partial charge is 0.317 e. The van der Waals surface area contributed by atoms with Gasteiger partial charge in [0.2, 0.25) is 0 Å². The maximum absolute atomic E-state index is 13.0. The largest absolute Gasteiger partial charge is 0.497 e. The number of nitrogens with one attached hydrogen (secondary N) is 1. The molecule has 0 aliphatic heterocycles. The first-order chi connectivity index (χ1) is 11.0. The highest BCUT2D eigenvalue weighted by Gasteiger charge is 2.17. The maximum atomic E-state index is 13.0. The first-order valence-electron chi connectivity index (χ1n) is 7.40. The number of urea groups is 1. The van der Waals surface area contributed by atoms with Crippen LogP contribution in [0.4, 0.5) is 9.18 Å². The van der Waals surface area contributed by atoms with Crippen molar-refractivity contribution < 1.29 is 13.9 Å². The molecule has 2 amide bonds. The average molecular weight is 316 g/mol. The summed E-state index contributed by atoms with van der Waals surface area (Å²) in [6, 6.07) is 13.4. The van der Waals surface area contributed by atoms with E-state index in [1.54, 1.807) is 31.2 Å². The Kier molecular flexibility index (Phi) is 5.57. The van der Waals surface area contributed by atoms with Gasteiger partial charge in [0.25, 0.3) is 0 Å². The van der Waals surface area contributed by atoms with E-state index in [9.17, 15) is 9.18 Å². The Morgan fingerprint density at radius 1 is 1.26 bits per heavy atom. The lowest BCUT2D eigenvalue weighted by molar-refractivity contribution is 0.194. The molecule has 23 heavy (non-hydrogen) atoms. The standard InChI is InChI=1S/C18H21FN2O2/c1-13(15-7-9-16(19)10-8-15)21(2)18(22)20-12-14-5-4-6-17(11-14)23-3/h4-11,13H,12H2,1-3H3,(H,20,22)/t13-/m0/s1. The summed E-state index contributed by atoms with van der Waals surface area (Å²) in [5.41, 5.74) is 1.84. The molecular formula is C18H21FN2O2. The molecular weight excluding hydrogens is 295 g/mol. The second-order valence-corrected chi connectivity index (χ2v) is 5.35. The van der Waals surface area contributed by atoms with Crippen LogP contribution in [0.5, 0.6) is 5.75 Å². The first-order valence-corrected chi connectivity index (χ1v) is 7.40. The van der Waals surface area contributed by atoms with Crippen molar-refractivity contribution in [3.63, 3.8) is 0 Å². The molecule has 0 fully saturated rings. The molecule has 0 saturated carbocycles.